The molecular formula is C20H30FN3O3. The smallest absolute Gasteiger partial charge is 0.256 e. The summed E-state index contributed by atoms with van der Waals surface area (Å²) in [5.41, 5.74) is -0.984. The van der Waals surface area contributed by atoms with Gasteiger partial charge in [-0.1, -0.05) is 0 Å². The van der Waals surface area contributed by atoms with Crippen LogP contribution in [0.3, 0.4) is 0 Å². The van der Waals surface area contributed by atoms with Crippen LogP contribution in [0, 0.1) is 5.82 Å². The predicted octanol–water partition coefficient (Wildman–Crippen LogP) is 1.37. The molecule has 0 unspecified atom stereocenters. The van der Waals surface area contributed by atoms with Crippen molar-refractivity contribution in [1.82, 2.24) is 15.1 Å². The average Bonchev–Trinajstić information content (AvgIpc) is 2.68. The molecule has 0 spiro atoms. The highest BCUT2D eigenvalue weighted by molar-refractivity contribution is 5.86. The molecule has 3 rings (SSSR count). The number of β-amino-alcohol motifs (C(OH)–C–C–N with tert-alkyl or cyclic N) is 1. The van der Waals surface area contributed by atoms with Crippen LogP contribution in [0.4, 0.5) is 4.39 Å². The number of rotatable bonds is 6. The van der Waals surface area contributed by atoms with Crippen molar-refractivity contribution in [3.63, 3.8) is 0 Å². The number of carbonyl (C=O) groups excluding carboxylic acids is 1. The summed E-state index contributed by atoms with van der Waals surface area (Å²) in [6, 6.07) is 5.02. The van der Waals surface area contributed by atoms with Crippen LogP contribution in [0.15, 0.2) is 18.2 Å². The number of amides is 1. The second-order valence-electron chi connectivity index (χ2n) is 7.66. The van der Waals surface area contributed by atoms with Crippen molar-refractivity contribution in [3.8, 4) is 5.75 Å². The molecule has 1 amide bonds. The minimum absolute atomic E-state index is 0.145. The quantitative estimate of drug-likeness (QED) is 0.782. The molecule has 1 aromatic carbocycles. The lowest BCUT2D eigenvalue weighted by molar-refractivity contribution is -0.160. The number of hydrogen-bond acceptors (Lipinski definition) is 5. The van der Waals surface area contributed by atoms with Gasteiger partial charge in [0.2, 0.25) is 0 Å². The normalized spacial score (nSPS) is 25.0. The Kier molecular flexibility index (Phi) is 6.34. The molecule has 150 valence electrons. The zero-order valence-electron chi connectivity index (χ0n) is 16.2. The number of carbonyl (C=O) groups is 1. The second-order valence-corrected chi connectivity index (χ2v) is 7.66. The van der Waals surface area contributed by atoms with Crippen LogP contribution in [0.5, 0.6) is 5.75 Å². The molecular weight excluding hydrogens is 349 g/mol. The Balaban J connectivity index is 1.66. The maximum absolute atomic E-state index is 14.2. The summed E-state index contributed by atoms with van der Waals surface area (Å²) in [4.78, 5) is 16.7. The monoisotopic (exact) mass is 379 g/mol. The Hall–Kier alpha value is -1.70. The van der Waals surface area contributed by atoms with E-state index in [-0.39, 0.29) is 18.3 Å². The highest BCUT2D eigenvalue weighted by Gasteiger charge is 2.43. The van der Waals surface area contributed by atoms with Crippen LogP contribution in [0.25, 0.3) is 0 Å². The van der Waals surface area contributed by atoms with Crippen molar-refractivity contribution in [2.75, 3.05) is 40.3 Å². The number of benzene rings is 1. The molecule has 0 radical (unpaired) electrons. The van der Waals surface area contributed by atoms with E-state index in [1.807, 2.05) is 7.05 Å². The lowest BCUT2D eigenvalue weighted by atomic mass is 9.90. The summed E-state index contributed by atoms with van der Waals surface area (Å²) in [6.07, 6.45) is 3.19. The summed E-state index contributed by atoms with van der Waals surface area (Å²) < 4.78 is 19.3. The van der Waals surface area contributed by atoms with Crippen molar-refractivity contribution in [2.45, 2.75) is 43.9 Å². The van der Waals surface area contributed by atoms with E-state index in [2.05, 4.69) is 10.2 Å². The maximum atomic E-state index is 14.2. The standard InChI is InChI=1S/C20H30FN3O3/c1-22-16-6-10-23(11-7-16)14-20(26)8-3-9-24(19(20)25)13-15-12-17(27-2)4-5-18(15)21/h4-5,12,16,22,26H,3,6-11,13-14H2,1-2H3/t20-/m0/s1. The molecule has 0 aromatic heterocycles. The van der Waals surface area contributed by atoms with Gasteiger partial charge in [-0.15, -0.1) is 0 Å². The summed E-state index contributed by atoms with van der Waals surface area (Å²) >= 11 is 0. The van der Waals surface area contributed by atoms with Crippen molar-refractivity contribution >= 4 is 5.91 Å². The Bertz CT molecular complexity index is 664. The first-order valence-electron chi connectivity index (χ1n) is 9.69. The minimum atomic E-state index is -1.39. The van der Waals surface area contributed by atoms with Gasteiger partial charge in [-0.25, -0.2) is 4.39 Å². The average molecular weight is 379 g/mol. The lowest BCUT2D eigenvalue weighted by Crippen LogP contribution is -2.59. The number of piperidine rings is 2. The highest BCUT2D eigenvalue weighted by Crippen LogP contribution is 2.28. The topological polar surface area (TPSA) is 65.0 Å². The Morgan fingerprint density at radius 3 is 2.74 bits per heavy atom. The SMILES string of the molecule is CNC1CCN(C[C@@]2(O)CCCN(Cc3cc(OC)ccc3F)C2=O)CC1. The van der Waals surface area contributed by atoms with Gasteiger partial charge in [-0.3, -0.25) is 9.69 Å². The molecule has 2 aliphatic rings. The molecule has 0 bridgehead atoms. The number of likely N-dealkylation sites (tertiary alicyclic amines) is 2. The molecule has 2 fully saturated rings. The third-order valence-corrected chi connectivity index (χ3v) is 5.80. The predicted molar refractivity (Wildman–Crippen MR) is 101 cm³/mol. The van der Waals surface area contributed by atoms with Gasteiger partial charge in [-0.05, 0) is 64.0 Å². The van der Waals surface area contributed by atoms with Crippen LogP contribution in [-0.4, -0.2) is 72.8 Å². The molecule has 0 aliphatic carbocycles. The van der Waals surface area contributed by atoms with E-state index in [1.165, 1.54) is 13.2 Å². The zero-order chi connectivity index (χ0) is 19.4. The van der Waals surface area contributed by atoms with Crippen LogP contribution in [0.2, 0.25) is 0 Å². The molecule has 2 N–H and O–H groups in total. The van der Waals surface area contributed by atoms with Crippen molar-refractivity contribution in [3.05, 3.63) is 29.6 Å². The Morgan fingerprint density at radius 1 is 1.33 bits per heavy atom. The molecule has 27 heavy (non-hydrogen) atoms. The van der Waals surface area contributed by atoms with Gasteiger partial charge in [0.25, 0.3) is 5.91 Å². The van der Waals surface area contributed by atoms with E-state index in [9.17, 15) is 14.3 Å². The second kappa shape index (κ2) is 8.54. The van der Waals surface area contributed by atoms with Gasteiger partial charge in [0.05, 0.1) is 7.11 Å². The van der Waals surface area contributed by atoms with Crippen molar-refractivity contribution in [1.29, 1.82) is 0 Å². The molecule has 2 saturated heterocycles. The molecule has 2 heterocycles. The van der Waals surface area contributed by atoms with Crippen LogP contribution in [0.1, 0.15) is 31.2 Å². The van der Waals surface area contributed by atoms with E-state index in [1.54, 1.807) is 17.0 Å². The molecule has 1 atom stereocenters. The third kappa shape index (κ3) is 4.59. The molecule has 7 heteroatoms. The molecule has 2 aliphatic heterocycles. The Labute approximate surface area is 160 Å². The highest BCUT2D eigenvalue weighted by atomic mass is 19.1. The lowest BCUT2D eigenvalue weighted by Gasteiger charge is -2.42. The maximum Gasteiger partial charge on any atom is 0.256 e. The van der Waals surface area contributed by atoms with Crippen molar-refractivity contribution < 1.29 is 19.0 Å². The summed E-state index contributed by atoms with van der Waals surface area (Å²) in [5, 5.41) is 14.4. The molecule has 1 aromatic rings. The van der Waals surface area contributed by atoms with E-state index in [0.717, 1.165) is 25.9 Å². The first-order valence-corrected chi connectivity index (χ1v) is 9.69. The fraction of sp³-hybridized carbons (Fsp3) is 0.650. The van der Waals surface area contributed by atoms with Gasteiger partial charge >= 0.3 is 0 Å². The van der Waals surface area contributed by atoms with Crippen molar-refractivity contribution in [2.24, 2.45) is 0 Å². The van der Waals surface area contributed by atoms with Gasteiger partial charge in [0.15, 0.2) is 5.60 Å². The van der Waals surface area contributed by atoms with Crippen LogP contribution >= 0.6 is 0 Å². The number of nitrogens with zero attached hydrogens (tertiary/aromatic N) is 2. The van der Waals surface area contributed by atoms with Crippen LogP contribution < -0.4 is 10.1 Å². The minimum Gasteiger partial charge on any atom is -0.497 e. The number of methoxy groups -OCH3 is 1. The number of ether oxygens (including phenoxy) is 1. The van der Waals surface area contributed by atoms with Gasteiger partial charge < -0.3 is 20.1 Å². The first kappa shape index (κ1) is 20.0. The van der Waals surface area contributed by atoms with Crippen LogP contribution in [-0.2, 0) is 11.3 Å². The number of halogens is 1. The number of nitrogens with one attached hydrogen (secondary N) is 1. The van der Waals surface area contributed by atoms with Gasteiger partial charge in [0, 0.05) is 31.2 Å². The number of hydrogen-bond donors (Lipinski definition) is 2. The fourth-order valence-electron chi connectivity index (χ4n) is 4.12. The van der Waals surface area contributed by atoms with E-state index >= 15 is 0 Å². The largest absolute Gasteiger partial charge is 0.497 e. The number of aliphatic hydroxyl groups is 1. The third-order valence-electron chi connectivity index (χ3n) is 5.80. The fourth-order valence-corrected chi connectivity index (χ4v) is 4.12. The first-order chi connectivity index (χ1) is 12.9. The zero-order valence-corrected chi connectivity index (χ0v) is 16.2. The van der Waals surface area contributed by atoms with Gasteiger partial charge in [-0.2, -0.15) is 0 Å². The van der Waals surface area contributed by atoms with E-state index in [0.29, 0.717) is 43.3 Å². The van der Waals surface area contributed by atoms with Gasteiger partial charge in [0.1, 0.15) is 11.6 Å². The summed E-state index contributed by atoms with van der Waals surface area (Å²) in [7, 11) is 3.49. The van der Waals surface area contributed by atoms with E-state index in [4.69, 9.17) is 4.74 Å². The summed E-state index contributed by atoms with van der Waals surface area (Å²) in [5.74, 6) is -0.114. The molecule has 0 saturated carbocycles. The Morgan fingerprint density at radius 2 is 2.07 bits per heavy atom. The summed E-state index contributed by atoms with van der Waals surface area (Å²) in [6.45, 7) is 2.75. The van der Waals surface area contributed by atoms with E-state index < -0.39 is 5.60 Å². The molecule has 6 nitrogen and oxygen atoms in total.